The lowest BCUT2D eigenvalue weighted by atomic mass is 10.1. The normalized spacial score (nSPS) is 14.6. The Balaban J connectivity index is 1.67. The van der Waals surface area contributed by atoms with Crippen LogP contribution in [0.15, 0.2) is 36.9 Å². The van der Waals surface area contributed by atoms with E-state index in [-0.39, 0.29) is 10.8 Å². The van der Waals surface area contributed by atoms with E-state index in [1.165, 1.54) is 24.7 Å². The van der Waals surface area contributed by atoms with Crippen LogP contribution in [0, 0.1) is 28.9 Å². The first-order valence-corrected chi connectivity index (χ1v) is 9.14. The maximum atomic E-state index is 14.7. The summed E-state index contributed by atoms with van der Waals surface area (Å²) in [4.78, 5) is 9.98. The zero-order chi connectivity index (χ0) is 20.2. The molecular formula is C21H16F2N6. The second kappa shape index (κ2) is 6.21. The quantitative estimate of drug-likeness (QED) is 0.487. The Bertz CT molecular complexity index is 1330. The van der Waals surface area contributed by atoms with E-state index in [0.29, 0.717) is 28.4 Å². The number of rotatable bonds is 2. The Morgan fingerprint density at radius 2 is 2.00 bits per heavy atom. The number of fused-ring (bicyclic) bond motifs is 3. The van der Waals surface area contributed by atoms with Gasteiger partial charge in [-0.15, -0.1) is 10.2 Å². The lowest BCUT2D eigenvalue weighted by Crippen LogP contribution is -2.14. The molecule has 0 bridgehead atoms. The minimum Gasteiger partial charge on any atom is -0.329 e. The van der Waals surface area contributed by atoms with Crippen LogP contribution in [-0.2, 0) is 0 Å². The van der Waals surface area contributed by atoms with Crippen molar-refractivity contribution in [2.45, 2.75) is 19.8 Å². The highest BCUT2D eigenvalue weighted by atomic mass is 19.1. The molecule has 1 aliphatic carbocycles. The van der Waals surface area contributed by atoms with Crippen LogP contribution in [0.5, 0.6) is 0 Å². The SMILES string of the molecule is CN(c1cc(F)cc(C#CC2(C)CC2)c1)c1nc2nncn2c2cncc(F)c12. The van der Waals surface area contributed by atoms with Crippen molar-refractivity contribution in [1.82, 2.24) is 24.6 Å². The molecule has 0 aliphatic heterocycles. The highest BCUT2D eigenvalue weighted by molar-refractivity contribution is 5.93. The third kappa shape index (κ3) is 3.05. The fraction of sp³-hybridized carbons (Fsp3) is 0.238. The van der Waals surface area contributed by atoms with Gasteiger partial charge in [0.05, 0.1) is 23.3 Å². The van der Waals surface area contributed by atoms with E-state index < -0.39 is 11.6 Å². The van der Waals surface area contributed by atoms with Crippen molar-refractivity contribution in [1.29, 1.82) is 0 Å². The van der Waals surface area contributed by atoms with Gasteiger partial charge in [-0.2, -0.15) is 4.98 Å². The van der Waals surface area contributed by atoms with Crippen LogP contribution in [-0.4, -0.2) is 31.6 Å². The fourth-order valence-electron chi connectivity index (χ4n) is 3.19. The molecule has 0 saturated heterocycles. The largest absolute Gasteiger partial charge is 0.329 e. The summed E-state index contributed by atoms with van der Waals surface area (Å²) >= 11 is 0. The van der Waals surface area contributed by atoms with Gasteiger partial charge < -0.3 is 4.90 Å². The maximum Gasteiger partial charge on any atom is 0.257 e. The zero-order valence-electron chi connectivity index (χ0n) is 15.8. The Hall–Kier alpha value is -3.60. The number of benzene rings is 1. The second-order valence-electron chi connectivity index (χ2n) is 7.52. The molecule has 1 aliphatic rings. The molecule has 6 nitrogen and oxygen atoms in total. The lowest BCUT2D eigenvalue weighted by molar-refractivity contribution is 0.627. The van der Waals surface area contributed by atoms with E-state index in [2.05, 4.69) is 38.9 Å². The molecule has 0 amide bonds. The summed E-state index contributed by atoms with van der Waals surface area (Å²) in [7, 11) is 1.70. The van der Waals surface area contributed by atoms with E-state index in [1.807, 2.05) is 0 Å². The summed E-state index contributed by atoms with van der Waals surface area (Å²) in [5, 5.41) is 8.05. The first-order valence-electron chi connectivity index (χ1n) is 9.14. The van der Waals surface area contributed by atoms with E-state index in [9.17, 15) is 8.78 Å². The van der Waals surface area contributed by atoms with Gasteiger partial charge in [-0.05, 0) is 38.0 Å². The van der Waals surface area contributed by atoms with Gasteiger partial charge in [0.15, 0.2) is 5.82 Å². The number of hydrogen-bond donors (Lipinski definition) is 0. The predicted octanol–water partition coefficient (Wildman–Crippen LogP) is 3.87. The summed E-state index contributed by atoms with van der Waals surface area (Å²) < 4.78 is 30.6. The van der Waals surface area contributed by atoms with Gasteiger partial charge in [0.2, 0.25) is 0 Å². The van der Waals surface area contributed by atoms with E-state index in [4.69, 9.17) is 0 Å². The third-order valence-corrected chi connectivity index (χ3v) is 5.19. The molecule has 3 aromatic heterocycles. The summed E-state index contributed by atoms with van der Waals surface area (Å²) in [5.41, 5.74) is 1.57. The Labute approximate surface area is 165 Å². The highest BCUT2D eigenvalue weighted by Gasteiger charge is 2.35. The molecular weight excluding hydrogens is 374 g/mol. The van der Waals surface area contributed by atoms with Crippen molar-refractivity contribution in [3.05, 3.63) is 54.1 Å². The maximum absolute atomic E-state index is 14.7. The molecule has 3 heterocycles. The first-order chi connectivity index (χ1) is 13.9. The number of halogens is 2. The summed E-state index contributed by atoms with van der Waals surface area (Å²) in [6.07, 6.45) is 6.21. The molecule has 0 radical (unpaired) electrons. The van der Waals surface area contributed by atoms with Gasteiger partial charge in [-0.1, -0.05) is 11.8 Å². The molecule has 0 atom stereocenters. The minimum atomic E-state index is -0.537. The van der Waals surface area contributed by atoms with Gasteiger partial charge >= 0.3 is 0 Å². The average Bonchev–Trinajstić information content (AvgIpc) is 3.24. The number of anilines is 2. The molecule has 29 heavy (non-hydrogen) atoms. The standard InChI is InChI=1S/C21H16F2N6/c1-21(5-6-21)4-3-13-7-14(22)9-15(8-13)28(2)19-18-16(23)10-24-11-17(18)29-12-25-27-20(29)26-19/h7-12H,5-6H2,1-2H3. The van der Waals surface area contributed by atoms with Crippen molar-refractivity contribution in [3.63, 3.8) is 0 Å². The first kappa shape index (κ1) is 17.5. The molecule has 1 saturated carbocycles. The Morgan fingerprint density at radius 3 is 2.79 bits per heavy atom. The molecule has 8 heteroatoms. The molecule has 5 rings (SSSR count). The average molecular weight is 390 g/mol. The highest BCUT2D eigenvalue weighted by Crippen LogP contribution is 2.44. The molecule has 1 aromatic carbocycles. The minimum absolute atomic E-state index is 0.0327. The third-order valence-electron chi connectivity index (χ3n) is 5.19. The number of pyridine rings is 1. The molecule has 1 fully saturated rings. The van der Waals surface area contributed by atoms with Crippen molar-refractivity contribution >= 4 is 28.2 Å². The molecule has 144 valence electrons. The number of hydrogen-bond acceptors (Lipinski definition) is 5. The van der Waals surface area contributed by atoms with E-state index in [1.54, 1.807) is 22.4 Å². The topological polar surface area (TPSA) is 59.2 Å². The molecule has 0 N–H and O–H groups in total. The van der Waals surface area contributed by atoms with Crippen molar-refractivity contribution in [3.8, 4) is 11.8 Å². The Morgan fingerprint density at radius 1 is 1.17 bits per heavy atom. The van der Waals surface area contributed by atoms with Crippen LogP contribution in [0.3, 0.4) is 0 Å². The summed E-state index contributed by atoms with van der Waals surface area (Å²) in [6, 6.07) is 4.53. The smallest absolute Gasteiger partial charge is 0.257 e. The van der Waals surface area contributed by atoms with Crippen LogP contribution in [0.25, 0.3) is 16.7 Å². The molecule has 0 unspecified atom stereocenters. The van der Waals surface area contributed by atoms with E-state index in [0.717, 1.165) is 19.0 Å². The van der Waals surface area contributed by atoms with Crippen LogP contribution >= 0.6 is 0 Å². The van der Waals surface area contributed by atoms with Gasteiger partial charge in [0.25, 0.3) is 5.78 Å². The van der Waals surface area contributed by atoms with Crippen LogP contribution in [0.1, 0.15) is 25.3 Å². The number of aromatic nitrogens is 5. The van der Waals surface area contributed by atoms with E-state index >= 15 is 0 Å². The van der Waals surface area contributed by atoms with Gasteiger partial charge in [-0.3, -0.25) is 9.38 Å². The lowest BCUT2D eigenvalue weighted by Gasteiger charge is -2.21. The molecule has 0 spiro atoms. The fourth-order valence-corrected chi connectivity index (χ4v) is 3.19. The summed E-state index contributed by atoms with van der Waals surface area (Å²) in [6.45, 7) is 2.09. The summed E-state index contributed by atoms with van der Waals surface area (Å²) in [5.74, 6) is 5.89. The zero-order valence-corrected chi connectivity index (χ0v) is 15.8. The monoisotopic (exact) mass is 390 g/mol. The van der Waals surface area contributed by atoms with Gasteiger partial charge in [0, 0.05) is 23.7 Å². The predicted molar refractivity (Wildman–Crippen MR) is 105 cm³/mol. The van der Waals surface area contributed by atoms with Crippen molar-refractivity contribution < 1.29 is 8.78 Å². The van der Waals surface area contributed by atoms with Crippen LogP contribution in [0.2, 0.25) is 0 Å². The van der Waals surface area contributed by atoms with Crippen LogP contribution < -0.4 is 4.90 Å². The number of nitrogens with zero attached hydrogens (tertiary/aromatic N) is 6. The second-order valence-corrected chi connectivity index (χ2v) is 7.52. The van der Waals surface area contributed by atoms with Gasteiger partial charge in [-0.25, -0.2) is 8.78 Å². The van der Waals surface area contributed by atoms with Crippen LogP contribution in [0.4, 0.5) is 20.3 Å². The Kier molecular flexibility index (Phi) is 3.74. The van der Waals surface area contributed by atoms with Crippen molar-refractivity contribution in [2.24, 2.45) is 5.41 Å². The van der Waals surface area contributed by atoms with Gasteiger partial charge in [0.1, 0.15) is 18.0 Å². The molecule has 4 aromatic rings. The van der Waals surface area contributed by atoms with Crippen molar-refractivity contribution in [2.75, 3.05) is 11.9 Å².